The van der Waals surface area contributed by atoms with E-state index in [1.54, 1.807) is 17.3 Å². The van der Waals surface area contributed by atoms with Crippen molar-refractivity contribution in [2.24, 2.45) is 0 Å². The molecule has 172 valence electrons. The smallest absolute Gasteiger partial charge is 0.325 e. The average Bonchev–Trinajstić information content (AvgIpc) is 3.36. The van der Waals surface area contributed by atoms with Crippen molar-refractivity contribution in [2.45, 2.75) is 38.6 Å². The molecule has 2 aromatic carbocycles. The molecule has 3 aromatic rings. The third-order valence-corrected chi connectivity index (χ3v) is 7.98. The van der Waals surface area contributed by atoms with Gasteiger partial charge >= 0.3 is 5.91 Å². The van der Waals surface area contributed by atoms with Crippen LogP contribution in [0.2, 0.25) is 5.02 Å². The molecule has 0 bridgehead atoms. The maximum atomic E-state index is 13.6. The molecule has 2 amide bonds. The third kappa shape index (κ3) is 4.88. The number of benzene rings is 2. The van der Waals surface area contributed by atoms with Crippen molar-refractivity contribution >= 4 is 39.9 Å². The Morgan fingerprint density at radius 2 is 1.73 bits per heavy atom. The van der Waals surface area contributed by atoms with Gasteiger partial charge in [-0.25, -0.2) is 9.28 Å². The van der Waals surface area contributed by atoms with Crippen molar-refractivity contribution in [1.82, 2.24) is 14.4 Å². The van der Waals surface area contributed by atoms with Crippen LogP contribution in [0.1, 0.15) is 53.8 Å². The molecule has 4 rings (SSSR count). The minimum Gasteiger partial charge on any atom is -0.334 e. The molecular weight excluding hydrogens is 454 g/mol. The predicted molar refractivity (Wildman–Crippen MR) is 135 cm³/mol. The zero-order chi connectivity index (χ0) is 23.4. The van der Waals surface area contributed by atoms with Crippen molar-refractivity contribution in [3.63, 3.8) is 0 Å². The Hall–Kier alpha value is -2.54. The van der Waals surface area contributed by atoms with Gasteiger partial charge in [0.2, 0.25) is 0 Å². The highest BCUT2D eigenvalue weighted by molar-refractivity contribution is 7.13. The van der Waals surface area contributed by atoms with Gasteiger partial charge < -0.3 is 4.90 Å². The van der Waals surface area contributed by atoms with E-state index >= 15 is 0 Å². The van der Waals surface area contributed by atoms with Crippen molar-refractivity contribution in [3.8, 4) is 0 Å². The largest absolute Gasteiger partial charge is 0.334 e. The molecule has 1 aromatic heterocycles. The zero-order valence-electron chi connectivity index (χ0n) is 19.0. The molecule has 0 spiro atoms. The van der Waals surface area contributed by atoms with Gasteiger partial charge in [0.15, 0.2) is 0 Å². The summed E-state index contributed by atoms with van der Waals surface area (Å²) in [6, 6.07) is 17.3. The molecular formula is C26H29ClN3O2S+. The first-order valence-electron chi connectivity index (χ1n) is 11.3. The van der Waals surface area contributed by atoms with E-state index < -0.39 is 0 Å². The molecule has 1 aliphatic rings. The van der Waals surface area contributed by atoms with Crippen LogP contribution >= 0.6 is 22.9 Å². The number of aromatic nitrogens is 1. The summed E-state index contributed by atoms with van der Waals surface area (Å²) in [4.78, 5) is 33.3. The van der Waals surface area contributed by atoms with Gasteiger partial charge in [-0.3, -0.25) is 4.79 Å². The quantitative estimate of drug-likeness (QED) is 0.411. The van der Waals surface area contributed by atoms with Crippen LogP contribution in [0.4, 0.5) is 5.13 Å². The number of rotatable bonds is 6. The number of carbonyl (C=O) groups is 2. The van der Waals surface area contributed by atoms with Gasteiger partial charge in [0.05, 0.1) is 25.6 Å². The third-order valence-electron chi connectivity index (χ3n) is 6.62. The number of likely N-dealkylation sites (tertiary alicyclic amines) is 1. The molecule has 5 nitrogen and oxygen atoms in total. The van der Waals surface area contributed by atoms with E-state index in [1.807, 2.05) is 61.5 Å². The molecule has 0 unspecified atom stereocenters. The lowest BCUT2D eigenvalue weighted by molar-refractivity contribution is -0.130. The van der Waals surface area contributed by atoms with E-state index in [2.05, 4.69) is 0 Å². The maximum absolute atomic E-state index is 13.6. The minimum atomic E-state index is -0.137. The summed E-state index contributed by atoms with van der Waals surface area (Å²) in [7, 11) is 1.80. The van der Waals surface area contributed by atoms with E-state index in [0.29, 0.717) is 28.9 Å². The lowest BCUT2D eigenvalue weighted by atomic mass is 10.1. The van der Waals surface area contributed by atoms with Gasteiger partial charge in [-0.15, -0.1) is 0 Å². The molecule has 0 aliphatic carbocycles. The molecule has 1 fully saturated rings. The van der Waals surface area contributed by atoms with E-state index in [1.165, 1.54) is 11.3 Å². The van der Waals surface area contributed by atoms with Gasteiger partial charge in [-0.2, -0.15) is 4.98 Å². The van der Waals surface area contributed by atoms with Crippen LogP contribution < -0.4 is 4.48 Å². The first-order valence-corrected chi connectivity index (χ1v) is 12.6. The Bertz CT molecular complexity index is 1130. The first-order chi connectivity index (χ1) is 15.9. The summed E-state index contributed by atoms with van der Waals surface area (Å²) in [5.74, 6) is -0.0512. The monoisotopic (exact) mass is 482 g/mol. The Kier molecular flexibility index (Phi) is 7.27. The lowest BCUT2D eigenvalue weighted by Crippen LogP contribution is -2.58. The molecule has 2 heterocycles. The summed E-state index contributed by atoms with van der Waals surface area (Å²) in [5, 5.41) is 3.10. The summed E-state index contributed by atoms with van der Waals surface area (Å²) in [5.41, 5.74) is 2.30. The second-order valence-corrected chi connectivity index (χ2v) is 9.90. The number of thiazole rings is 1. The fourth-order valence-corrected chi connectivity index (χ4v) is 5.64. The Morgan fingerprint density at radius 3 is 2.42 bits per heavy atom. The summed E-state index contributed by atoms with van der Waals surface area (Å²) < 4.78 is 0.196. The van der Waals surface area contributed by atoms with Crippen molar-refractivity contribution in [3.05, 3.63) is 81.8 Å². The Labute approximate surface area is 204 Å². The van der Waals surface area contributed by atoms with Crippen LogP contribution in [0.25, 0.3) is 0 Å². The number of quaternary nitrogens is 1. The molecule has 0 N–H and O–H groups in total. The Morgan fingerprint density at radius 1 is 1.06 bits per heavy atom. The van der Waals surface area contributed by atoms with Crippen LogP contribution in [0, 0.1) is 0 Å². The average molecular weight is 483 g/mol. The highest BCUT2D eigenvalue weighted by Crippen LogP contribution is 2.34. The van der Waals surface area contributed by atoms with Gasteiger partial charge in [0.1, 0.15) is 5.69 Å². The molecule has 0 saturated carbocycles. The Balaban J connectivity index is 1.59. The van der Waals surface area contributed by atoms with Gasteiger partial charge in [-0.1, -0.05) is 71.5 Å². The van der Waals surface area contributed by atoms with Gasteiger partial charge in [-0.05, 0) is 43.4 Å². The van der Waals surface area contributed by atoms with Crippen LogP contribution in [0.5, 0.6) is 0 Å². The molecule has 1 aliphatic heterocycles. The molecule has 7 heteroatoms. The van der Waals surface area contributed by atoms with E-state index in [4.69, 9.17) is 16.6 Å². The summed E-state index contributed by atoms with van der Waals surface area (Å²) >= 11 is 7.75. The van der Waals surface area contributed by atoms with Crippen molar-refractivity contribution in [1.29, 1.82) is 0 Å². The van der Waals surface area contributed by atoms with Crippen LogP contribution in [-0.4, -0.2) is 41.8 Å². The highest BCUT2D eigenvalue weighted by atomic mass is 35.5. The summed E-state index contributed by atoms with van der Waals surface area (Å²) in [6.45, 7) is 3.42. The van der Waals surface area contributed by atoms with Gasteiger partial charge in [0.25, 0.3) is 11.0 Å². The zero-order valence-corrected chi connectivity index (χ0v) is 20.6. The minimum absolute atomic E-state index is 0.0798. The lowest BCUT2D eigenvalue weighted by Gasteiger charge is -2.36. The molecule has 1 saturated heterocycles. The van der Waals surface area contributed by atoms with Crippen LogP contribution in [0.15, 0.2) is 60.0 Å². The SMILES string of the molecule is C[C@H](c1ccccc1)N(C)C(=O)c1csc([N+]2(C(=O)Cc3ccccc3Cl)CCCCC2)n1. The number of amides is 2. The topological polar surface area (TPSA) is 50.3 Å². The maximum Gasteiger partial charge on any atom is 0.325 e. The molecule has 33 heavy (non-hydrogen) atoms. The number of nitrogens with zero attached hydrogens (tertiary/aromatic N) is 3. The van der Waals surface area contributed by atoms with Crippen LogP contribution in [-0.2, 0) is 11.2 Å². The second-order valence-electron chi connectivity index (χ2n) is 8.66. The highest BCUT2D eigenvalue weighted by Gasteiger charge is 2.43. The second kappa shape index (κ2) is 10.2. The van der Waals surface area contributed by atoms with E-state index in [-0.39, 0.29) is 28.8 Å². The summed E-state index contributed by atoms with van der Waals surface area (Å²) in [6.07, 6.45) is 3.28. The molecule has 0 radical (unpaired) electrons. The van der Waals surface area contributed by atoms with Crippen molar-refractivity contribution < 1.29 is 9.59 Å². The van der Waals surface area contributed by atoms with Gasteiger partial charge in [0, 0.05) is 17.5 Å². The number of piperidine rings is 1. The standard InChI is InChI=1S/C26H29ClN3O2S/c1-19(20-11-5-3-6-12-20)29(2)25(32)23-18-33-26(28-23)30(15-9-4-10-16-30)24(31)17-21-13-7-8-14-22(21)27/h3,5-8,11-14,18-19H,4,9-10,15-17H2,1-2H3/q+1/t19-/m1/s1. The number of halogens is 1. The first kappa shape index (κ1) is 23.6. The van der Waals surface area contributed by atoms with Crippen molar-refractivity contribution in [2.75, 3.05) is 20.1 Å². The predicted octanol–water partition coefficient (Wildman–Crippen LogP) is 5.89. The number of hydrogen-bond donors (Lipinski definition) is 0. The number of carbonyl (C=O) groups excluding carboxylic acids is 2. The fourth-order valence-electron chi connectivity index (χ4n) is 4.43. The van der Waals surface area contributed by atoms with E-state index in [9.17, 15) is 9.59 Å². The van der Waals surface area contributed by atoms with E-state index in [0.717, 1.165) is 30.4 Å². The van der Waals surface area contributed by atoms with Crippen LogP contribution in [0.3, 0.4) is 0 Å². The molecule has 1 atom stereocenters. The number of hydrogen-bond acceptors (Lipinski definition) is 4. The normalized spacial score (nSPS) is 16.2. The fraction of sp³-hybridized carbons (Fsp3) is 0.346.